The van der Waals surface area contributed by atoms with Gasteiger partial charge in [0, 0.05) is 17.7 Å². The number of hydrogen-bond acceptors (Lipinski definition) is 3. The monoisotopic (exact) mass is 214 g/mol. The SMILES string of the molecule is COCc1cc(OC)c(C=O)cc1Cl. The van der Waals surface area contributed by atoms with Crippen LogP contribution < -0.4 is 4.74 Å². The lowest BCUT2D eigenvalue weighted by Gasteiger charge is -2.08. The maximum atomic E-state index is 10.6. The number of aldehydes is 1. The van der Waals surface area contributed by atoms with Gasteiger partial charge < -0.3 is 9.47 Å². The van der Waals surface area contributed by atoms with Crippen LogP contribution in [0.25, 0.3) is 0 Å². The van der Waals surface area contributed by atoms with Crippen molar-refractivity contribution in [2.75, 3.05) is 14.2 Å². The summed E-state index contributed by atoms with van der Waals surface area (Å²) < 4.78 is 9.99. The van der Waals surface area contributed by atoms with Crippen molar-refractivity contribution in [3.05, 3.63) is 28.3 Å². The standard InChI is InChI=1S/C10H11ClO3/c1-13-6-8-4-10(14-2)7(5-12)3-9(8)11/h3-5H,6H2,1-2H3. The molecule has 3 nitrogen and oxygen atoms in total. The predicted octanol–water partition coefficient (Wildman–Crippen LogP) is 2.31. The van der Waals surface area contributed by atoms with Crippen LogP contribution in [0.5, 0.6) is 5.75 Å². The number of methoxy groups -OCH3 is 2. The second-order valence-electron chi connectivity index (χ2n) is 2.74. The molecule has 0 amide bonds. The molecule has 1 aromatic carbocycles. The summed E-state index contributed by atoms with van der Waals surface area (Å²) in [5, 5.41) is 0.509. The Balaban J connectivity index is 3.15. The van der Waals surface area contributed by atoms with Crippen LogP contribution in [0.2, 0.25) is 5.02 Å². The van der Waals surface area contributed by atoms with Gasteiger partial charge in [-0.15, -0.1) is 0 Å². The van der Waals surface area contributed by atoms with E-state index < -0.39 is 0 Å². The molecule has 0 N–H and O–H groups in total. The molecular weight excluding hydrogens is 204 g/mol. The van der Waals surface area contributed by atoms with Crippen LogP contribution in [0.4, 0.5) is 0 Å². The van der Waals surface area contributed by atoms with Crippen LogP contribution in [0.1, 0.15) is 15.9 Å². The lowest BCUT2D eigenvalue weighted by atomic mass is 10.1. The van der Waals surface area contributed by atoms with E-state index >= 15 is 0 Å². The molecule has 14 heavy (non-hydrogen) atoms. The highest BCUT2D eigenvalue weighted by atomic mass is 35.5. The van der Waals surface area contributed by atoms with Gasteiger partial charge in [0.2, 0.25) is 0 Å². The molecule has 0 aromatic heterocycles. The smallest absolute Gasteiger partial charge is 0.153 e. The van der Waals surface area contributed by atoms with Gasteiger partial charge in [-0.05, 0) is 12.1 Å². The van der Waals surface area contributed by atoms with E-state index in [4.69, 9.17) is 21.1 Å². The van der Waals surface area contributed by atoms with Gasteiger partial charge in [-0.1, -0.05) is 11.6 Å². The van der Waals surface area contributed by atoms with Gasteiger partial charge in [-0.3, -0.25) is 4.79 Å². The summed E-state index contributed by atoms with van der Waals surface area (Å²) in [5.74, 6) is 0.511. The average Bonchev–Trinajstić information content (AvgIpc) is 2.20. The number of rotatable bonds is 4. The topological polar surface area (TPSA) is 35.5 Å². The number of benzene rings is 1. The molecule has 0 bridgehead atoms. The Hall–Kier alpha value is -1.06. The molecule has 1 aromatic rings. The molecule has 76 valence electrons. The van der Waals surface area contributed by atoms with E-state index in [-0.39, 0.29) is 0 Å². The van der Waals surface area contributed by atoms with E-state index in [9.17, 15) is 4.79 Å². The van der Waals surface area contributed by atoms with Crippen LogP contribution in [0.3, 0.4) is 0 Å². The first-order chi connectivity index (χ1) is 6.72. The number of carbonyl (C=O) groups excluding carboxylic acids is 1. The lowest BCUT2D eigenvalue weighted by Crippen LogP contribution is -1.95. The van der Waals surface area contributed by atoms with Crippen LogP contribution in [0, 0.1) is 0 Å². The molecule has 0 aliphatic rings. The summed E-state index contributed by atoms with van der Waals surface area (Å²) in [6, 6.07) is 3.28. The fourth-order valence-corrected chi connectivity index (χ4v) is 1.37. The Morgan fingerprint density at radius 1 is 1.43 bits per heavy atom. The zero-order valence-electron chi connectivity index (χ0n) is 8.04. The minimum atomic E-state index is 0.397. The summed E-state index contributed by atoms with van der Waals surface area (Å²) in [4.78, 5) is 10.6. The highest BCUT2D eigenvalue weighted by molar-refractivity contribution is 6.31. The van der Waals surface area contributed by atoms with E-state index in [1.165, 1.54) is 7.11 Å². The second kappa shape index (κ2) is 4.98. The fourth-order valence-electron chi connectivity index (χ4n) is 1.15. The van der Waals surface area contributed by atoms with Crippen molar-refractivity contribution in [1.29, 1.82) is 0 Å². The Morgan fingerprint density at radius 3 is 2.64 bits per heavy atom. The predicted molar refractivity (Wildman–Crippen MR) is 54.1 cm³/mol. The molecule has 0 aliphatic heterocycles. The molecule has 1 rings (SSSR count). The minimum Gasteiger partial charge on any atom is -0.496 e. The molecule has 4 heteroatoms. The van der Waals surface area contributed by atoms with Gasteiger partial charge in [0.15, 0.2) is 6.29 Å². The summed E-state index contributed by atoms with van der Waals surface area (Å²) in [6.45, 7) is 0.397. The second-order valence-corrected chi connectivity index (χ2v) is 3.14. The van der Waals surface area contributed by atoms with Gasteiger partial charge >= 0.3 is 0 Å². The maximum Gasteiger partial charge on any atom is 0.153 e. The van der Waals surface area contributed by atoms with Crippen molar-refractivity contribution in [2.24, 2.45) is 0 Å². The first-order valence-corrected chi connectivity index (χ1v) is 4.41. The molecule has 0 saturated carbocycles. The minimum absolute atomic E-state index is 0.397. The van der Waals surface area contributed by atoms with Gasteiger partial charge in [-0.2, -0.15) is 0 Å². The van der Waals surface area contributed by atoms with Crippen molar-refractivity contribution in [2.45, 2.75) is 6.61 Å². The van der Waals surface area contributed by atoms with Crippen LogP contribution in [0.15, 0.2) is 12.1 Å². The number of halogens is 1. The summed E-state index contributed by atoms with van der Waals surface area (Å²) >= 11 is 5.92. The van der Waals surface area contributed by atoms with Crippen molar-refractivity contribution in [3.63, 3.8) is 0 Å². The first kappa shape index (κ1) is 11.0. The molecule has 0 aliphatic carbocycles. The maximum absolute atomic E-state index is 10.6. The molecule has 0 unspecified atom stereocenters. The van der Waals surface area contributed by atoms with Crippen LogP contribution in [-0.4, -0.2) is 20.5 Å². The van der Waals surface area contributed by atoms with E-state index in [1.807, 2.05) is 0 Å². The normalized spacial score (nSPS) is 9.93. The third-order valence-corrected chi connectivity index (χ3v) is 2.18. The van der Waals surface area contributed by atoms with Crippen molar-refractivity contribution in [1.82, 2.24) is 0 Å². The molecule has 0 radical (unpaired) electrons. The summed E-state index contributed by atoms with van der Waals surface area (Å²) in [6.07, 6.45) is 0.710. The van der Waals surface area contributed by atoms with Crippen molar-refractivity contribution >= 4 is 17.9 Å². The molecular formula is C10H11ClO3. The van der Waals surface area contributed by atoms with Gasteiger partial charge in [0.05, 0.1) is 19.3 Å². The van der Waals surface area contributed by atoms with E-state index in [2.05, 4.69) is 0 Å². The molecule has 0 fully saturated rings. The van der Waals surface area contributed by atoms with E-state index in [0.29, 0.717) is 29.2 Å². The average molecular weight is 215 g/mol. The fraction of sp³-hybridized carbons (Fsp3) is 0.300. The van der Waals surface area contributed by atoms with Gasteiger partial charge in [-0.25, -0.2) is 0 Å². The highest BCUT2D eigenvalue weighted by Gasteiger charge is 2.08. The van der Waals surface area contributed by atoms with Gasteiger partial charge in [0.25, 0.3) is 0 Å². The molecule has 0 spiro atoms. The van der Waals surface area contributed by atoms with E-state index in [0.717, 1.165) is 5.56 Å². The lowest BCUT2D eigenvalue weighted by molar-refractivity contribution is 0.112. The number of hydrogen-bond donors (Lipinski definition) is 0. The van der Waals surface area contributed by atoms with Crippen molar-refractivity contribution < 1.29 is 14.3 Å². The third-order valence-electron chi connectivity index (χ3n) is 1.83. The Kier molecular flexibility index (Phi) is 3.92. The quantitative estimate of drug-likeness (QED) is 0.722. The van der Waals surface area contributed by atoms with E-state index in [1.54, 1.807) is 19.2 Å². The zero-order chi connectivity index (χ0) is 10.6. The summed E-state index contributed by atoms with van der Waals surface area (Å²) in [7, 11) is 3.09. The Labute approximate surface area is 87.6 Å². The third kappa shape index (κ3) is 2.25. The Bertz CT molecular complexity index is 336. The van der Waals surface area contributed by atoms with Gasteiger partial charge in [0.1, 0.15) is 5.75 Å². The summed E-state index contributed by atoms with van der Waals surface area (Å²) in [5.41, 5.74) is 1.24. The molecule has 0 atom stereocenters. The van der Waals surface area contributed by atoms with Crippen LogP contribution in [-0.2, 0) is 11.3 Å². The van der Waals surface area contributed by atoms with Crippen LogP contribution >= 0.6 is 11.6 Å². The zero-order valence-corrected chi connectivity index (χ0v) is 8.80. The largest absolute Gasteiger partial charge is 0.496 e. The highest BCUT2D eigenvalue weighted by Crippen LogP contribution is 2.26. The Morgan fingerprint density at radius 2 is 2.14 bits per heavy atom. The number of carbonyl (C=O) groups is 1. The van der Waals surface area contributed by atoms with Crippen molar-refractivity contribution in [3.8, 4) is 5.75 Å². The first-order valence-electron chi connectivity index (χ1n) is 4.03. The molecule has 0 saturated heterocycles. The molecule has 0 heterocycles. The number of ether oxygens (including phenoxy) is 2.